The minimum absolute atomic E-state index is 0.338. The van der Waals surface area contributed by atoms with Crippen LogP contribution >= 0.6 is 0 Å². The smallest absolute Gasteiger partial charge is 0.342 e. The van der Waals surface area contributed by atoms with Crippen molar-refractivity contribution >= 4 is 5.97 Å². The van der Waals surface area contributed by atoms with Crippen LogP contribution in [-0.4, -0.2) is 27.8 Å². The predicted octanol–water partition coefficient (Wildman–Crippen LogP) is 1.96. The zero-order chi connectivity index (χ0) is 12.3. The summed E-state index contributed by atoms with van der Waals surface area (Å²) < 4.78 is 5.00. The number of rotatable bonds is 3. The number of pyridine rings is 1. The van der Waals surface area contributed by atoms with Gasteiger partial charge in [-0.2, -0.15) is 5.10 Å². The first-order valence-corrected chi connectivity index (χ1v) is 5.37. The van der Waals surface area contributed by atoms with Gasteiger partial charge in [0.2, 0.25) is 0 Å². The molecule has 2 aromatic rings. The summed E-state index contributed by atoms with van der Waals surface area (Å²) >= 11 is 0. The van der Waals surface area contributed by atoms with Gasteiger partial charge in [-0.05, 0) is 26.0 Å². The summed E-state index contributed by atoms with van der Waals surface area (Å²) in [7, 11) is 0. The number of carbonyl (C=O) groups excluding carboxylic acids is 1. The molecule has 0 saturated heterocycles. The first-order valence-electron chi connectivity index (χ1n) is 5.37. The molecule has 0 atom stereocenters. The van der Waals surface area contributed by atoms with Crippen molar-refractivity contribution in [3.05, 3.63) is 35.7 Å². The highest BCUT2D eigenvalue weighted by Gasteiger charge is 2.20. The molecule has 17 heavy (non-hydrogen) atoms. The number of hydrogen-bond acceptors (Lipinski definition) is 4. The highest BCUT2D eigenvalue weighted by molar-refractivity contribution is 5.96. The Kier molecular flexibility index (Phi) is 3.18. The van der Waals surface area contributed by atoms with E-state index in [0.29, 0.717) is 29.3 Å². The van der Waals surface area contributed by atoms with Gasteiger partial charge in [0.25, 0.3) is 0 Å². The molecule has 0 aliphatic carbocycles. The standard InChI is InChI=1S/C12H13N3O2/c1-3-17-12(16)10-8(2)14-15-11(10)9-6-4-5-7-13-9/h4-7H,3H2,1-2H3,(H,14,15). The number of hydrogen-bond donors (Lipinski definition) is 1. The Bertz CT molecular complexity index is 520. The van der Waals surface area contributed by atoms with E-state index >= 15 is 0 Å². The summed E-state index contributed by atoms with van der Waals surface area (Å²) in [6, 6.07) is 5.46. The van der Waals surface area contributed by atoms with Gasteiger partial charge in [0.05, 0.1) is 12.3 Å². The average molecular weight is 231 g/mol. The lowest BCUT2D eigenvalue weighted by Crippen LogP contribution is -2.07. The maximum Gasteiger partial charge on any atom is 0.342 e. The van der Waals surface area contributed by atoms with E-state index in [2.05, 4.69) is 15.2 Å². The Hall–Kier alpha value is -2.17. The predicted molar refractivity (Wildman–Crippen MR) is 62.5 cm³/mol. The lowest BCUT2D eigenvalue weighted by Gasteiger charge is -2.02. The van der Waals surface area contributed by atoms with Gasteiger partial charge in [0.15, 0.2) is 0 Å². The third kappa shape index (κ3) is 2.18. The van der Waals surface area contributed by atoms with Crippen molar-refractivity contribution in [2.24, 2.45) is 0 Å². The second kappa shape index (κ2) is 4.78. The minimum Gasteiger partial charge on any atom is -0.462 e. The van der Waals surface area contributed by atoms with Gasteiger partial charge in [0, 0.05) is 11.9 Å². The Morgan fingerprint density at radius 1 is 1.47 bits per heavy atom. The molecule has 0 fully saturated rings. The van der Waals surface area contributed by atoms with Crippen molar-refractivity contribution < 1.29 is 9.53 Å². The Balaban J connectivity index is 2.46. The second-order valence-corrected chi connectivity index (χ2v) is 3.51. The van der Waals surface area contributed by atoms with E-state index in [4.69, 9.17) is 4.74 Å². The van der Waals surface area contributed by atoms with Gasteiger partial charge in [-0.25, -0.2) is 4.79 Å². The van der Waals surface area contributed by atoms with Crippen molar-refractivity contribution in [2.75, 3.05) is 6.61 Å². The summed E-state index contributed by atoms with van der Waals surface area (Å²) in [4.78, 5) is 16.0. The molecule has 88 valence electrons. The summed E-state index contributed by atoms with van der Waals surface area (Å²) in [6.45, 7) is 3.89. The van der Waals surface area contributed by atoms with Crippen LogP contribution in [0.2, 0.25) is 0 Å². The van der Waals surface area contributed by atoms with Crippen LogP contribution in [0, 0.1) is 6.92 Å². The van der Waals surface area contributed by atoms with Gasteiger partial charge in [-0.3, -0.25) is 10.1 Å². The maximum absolute atomic E-state index is 11.8. The highest BCUT2D eigenvalue weighted by Crippen LogP contribution is 2.22. The van der Waals surface area contributed by atoms with Crippen LogP contribution in [0.25, 0.3) is 11.4 Å². The first-order chi connectivity index (χ1) is 8.24. The Labute approximate surface area is 98.8 Å². The number of aryl methyl sites for hydroxylation is 1. The molecule has 0 unspecified atom stereocenters. The van der Waals surface area contributed by atoms with E-state index in [-0.39, 0.29) is 5.97 Å². The third-order valence-corrected chi connectivity index (χ3v) is 2.33. The molecule has 0 aliphatic heterocycles. The summed E-state index contributed by atoms with van der Waals surface area (Å²) in [5.74, 6) is -0.376. The van der Waals surface area contributed by atoms with E-state index < -0.39 is 0 Å². The second-order valence-electron chi connectivity index (χ2n) is 3.51. The zero-order valence-electron chi connectivity index (χ0n) is 9.73. The van der Waals surface area contributed by atoms with E-state index in [1.165, 1.54) is 0 Å². The highest BCUT2D eigenvalue weighted by atomic mass is 16.5. The normalized spacial score (nSPS) is 10.2. The molecule has 2 aromatic heterocycles. The van der Waals surface area contributed by atoms with Crippen molar-refractivity contribution in [2.45, 2.75) is 13.8 Å². The average Bonchev–Trinajstić information content (AvgIpc) is 2.73. The molecular formula is C12H13N3O2. The van der Waals surface area contributed by atoms with Crippen LogP contribution in [-0.2, 0) is 4.74 Å². The first kappa shape index (κ1) is 11.3. The van der Waals surface area contributed by atoms with Crippen LogP contribution in [0.15, 0.2) is 24.4 Å². The quantitative estimate of drug-likeness (QED) is 0.820. The fraction of sp³-hybridized carbons (Fsp3) is 0.250. The van der Waals surface area contributed by atoms with E-state index in [0.717, 1.165) is 0 Å². The number of carbonyl (C=O) groups is 1. The lowest BCUT2D eigenvalue weighted by atomic mass is 10.1. The van der Waals surface area contributed by atoms with Crippen molar-refractivity contribution in [1.29, 1.82) is 0 Å². The van der Waals surface area contributed by atoms with E-state index in [9.17, 15) is 4.79 Å². The van der Waals surface area contributed by atoms with Gasteiger partial charge >= 0.3 is 5.97 Å². The summed E-state index contributed by atoms with van der Waals surface area (Å²) in [6.07, 6.45) is 1.66. The van der Waals surface area contributed by atoms with Crippen molar-refractivity contribution in [3.8, 4) is 11.4 Å². The van der Waals surface area contributed by atoms with Crippen LogP contribution in [0.4, 0.5) is 0 Å². The van der Waals surface area contributed by atoms with Crippen molar-refractivity contribution in [3.63, 3.8) is 0 Å². The molecule has 0 bridgehead atoms. The molecule has 2 heterocycles. The number of ether oxygens (including phenoxy) is 1. The molecule has 0 aromatic carbocycles. The maximum atomic E-state index is 11.8. The number of nitrogens with one attached hydrogen (secondary N) is 1. The van der Waals surface area contributed by atoms with Crippen molar-refractivity contribution in [1.82, 2.24) is 15.2 Å². The Morgan fingerprint density at radius 2 is 2.29 bits per heavy atom. The number of aromatic nitrogens is 3. The molecule has 1 N–H and O–H groups in total. The van der Waals surface area contributed by atoms with Gasteiger partial charge in [0.1, 0.15) is 11.3 Å². The topological polar surface area (TPSA) is 67.9 Å². The lowest BCUT2D eigenvalue weighted by molar-refractivity contribution is 0.0526. The molecule has 0 aliphatic rings. The van der Waals surface area contributed by atoms with Crippen LogP contribution < -0.4 is 0 Å². The SMILES string of the molecule is CCOC(=O)c1c(-c2ccccn2)n[nH]c1C. The van der Waals surface area contributed by atoms with Gasteiger partial charge in [-0.1, -0.05) is 6.07 Å². The largest absolute Gasteiger partial charge is 0.462 e. The third-order valence-electron chi connectivity index (χ3n) is 2.33. The summed E-state index contributed by atoms with van der Waals surface area (Å²) in [5, 5.41) is 6.89. The molecule has 0 radical (unpaired) electrons. The van der Waals surface area contributed by atoms with Crippen LogP contribution in [0.5, 0.6) is 0 Å². The number of H-pyrrole nitrogens is 1. The van der Waals surface area contributed by atoms with Gasteiger partial charge in [-0.15, -0.1) is 0 Å². The number of aromatic amines is 1. The van der Waals surface area contributed by atoms with E-state index in [1.807, 2.05) is 12.1 Å². The van der Waals surface area contributed by atoms with E-state index in [1.54, 1.807) is 26.1 Å². The monoisotopic (exact) mass is 231 g/mol. The fourth-order valence-electron chi connectivity index (χ4n) is 1.57. The van der Waals surface area contributed by atoms with Gasteiger partial charge < -0.3 is 4.74 Å². The fourth-order valence-corrected chi connectivity index (χ4v) is 1.57. The molecule has 2 rings (SSSR count). The molecule has 0 saturated carbocycles. The minimum atomic E-state index is -0.376. The Morgan fingerprint density at radius 3 is 2.94 bits per heavy atom. The number of nitrogens with zero attached hydrogens (tertiary/aromatic N) is 2. The van der Waals surface area contributed by atoms with Crippen LogP contribution in [0.1, 0.15) is 23.0 Å². The molecule has 5 nitrogen and oxygen atoms in total. The molecular weight excluding hydrogens is 218 g/mol. The van der Waals surface area contributed by atoms with Crippen LogP contribution in [0.3, 0.4) is 0 Å². The molecule has 0 amide bonds. The number of esters is 1. The summed E-state index contributed by atoms with van der Waals surface area (Å²) in [5.41, 5.74) is 2.32. The zero-order valence-corrected chi connectivity index (χ0v) is 9.73. The molecule has 5 heteroatoms. The molecule has 0 spiro atoms.